The summed E-state index contributed by atoms with van der Waals surface area (Å²) >= 11 is 0. The highest BCUT2D eigenvalue weighted by atomic mass is 16.5. The summed E-state index contributed by atoms with van der Waals surface area (Å²) < 4.78 is 12.1. The number of aromatic nitrogens is 1. The van der Waals surface area contributed by atoms with Gasteiger partial charge in [0.25, 0.3) is 0 Å². The summed E-state index contributed by atoms with van der Waals surface area (Å²) in [6.07, 6.45) is 1.61. The first-order valence-corrected chi connectivity index (χ1v) is 8.94. The van der Waals surface area contributed by atoms with E-state index in [4.69, 9.17) is 9.26 Å². The molecule has 4 nitrogen and oxygen atoms in total. The van der Waals surface area contributed by atoms with Gasteiger partial charge in [0.15, 0.2) is 11.4 Å². The van der Waals surface area contributed by atoms with Crippen molar-refractivity contribution in [2.24, 2.45) is 0 Å². The third-order valence-corrected chi connectivity index (χ3v) is 5.63. The summed E-state index contributed by atoms with van der Waals surface area (Å²) in [4.78, 5) is 0. The molecule has 0 saturated heterocycles. The van der Waals surface area contributed by atoms with Crippen LogP contribution in [0.1, 0.15) is 41.3 Å². The minimum absolute atomic E-state index is 0.376. The fraction of sp³-hybridized carbons (Fsp3) is 0.318. The maximum absolute atomic E-state index is 10.3. The molecule has 1 N–H and O–H groups in total. The van der Waals surface area contributed by atoms with E-state index in [1.54, 1.807) is 0 Å². The number of hydrogen-bond donors (Lipinski definition) is 1. The van der Waals surface area contributed by atoms with Crippen LogP contribution in [0.3, 0.4) is 0 Å². The minimum Gasteiger partial charge on any atom is -0.507 e. The van der Waals surface area contributed by atoms with Crippen LogP contribution in [0.5, 0.6) is 11.5 Å². The number of phenols is 1. The van der Waals surface area contributed by atoms with Gasteiger partial charge in [-0.25, -0.2) is 0 Å². The molecule has 0 bridgehead atoms. The number of rotatable bonds is 2. The molecule has 2 aromatic carbocycles. The lowest BCUT2D eigenvalue weighted by molar-refractivity contribution is 0.0535. The third kappa shape index (κ3) is 2.48. The van der Waals surface area contributed by atoms with Crippen molar-refractivity contribution in [2.75, 3.05) is 0 Å². The Labute approximate surface area is 153 Å². The maximum atomic E-state index is 10.3. The smallest absolute Gasteiger partial charge is 0.167 e. The van der Waals surface area contributed by atoms with E-state index in [2.05, 4.69) is 12.1 Å². The van der Waals surface area contributed by atoms with Crippen molar-refractivity contribution in [3.8, 4) is 22.8 Å². The van der Waals surface area contributed by atoms with E-state index in [0.29, 0.717) is 5.75 Å². The molecule has 0 aliphatic carbocycles. The van der Waals surface area contributed by atoms with Crippen LogP contribution < -0.4 is 4.74 Å². The molecule has 1 atom stereocenters. The van der Waals surface area contributed by atoms with Gasteiger partial charge in [-0.3, -0.25) is 0 Å². The van der Waals surface area contributed by atoms with Crippen molar-refractivity contribution in [1.82, 2.24) is 5.16 Å². The van der Waals surface area contributed by atoms with Gasteiger partial charge in [0.1, 0.15) is 17.2 Å². The first-order chi connectivity index (χ1) is 12.4. The highest BCUT2D eigenvalue weighted by Crippen LogP contribution is 2.46. The van der Waals surface area contributed by atoms with Gasteiger partial charge in [-0.1, -0.05) is 35.5 Å². The van der Waals surface area contributed by atoms with Crippen LogP contribution in [0.25, 0.3) is 11.3 Å². The SMILES string of the molecule is Cc1c(C)c2c(c(C)c1O)CCC(C)(c1cc(-c3ccccc3)on1)O2. The lowest BCUT2D eigenvalue weighted by Gasteiger charge is -2.36. The Kier molecular flexibility index (Phi) is 3.79. The summed E-state index contributed by atoms with van der Waals surface area (Å²) in [6, 6.07) is 11.9. The van der Waals surface area contributed by atoms with Gasteiger partial charge in [0, 0.05) is 17.2 Å². The molecule has 4 heteroatoms. The molecule has 0 spiro atoms. The van der Waals surface area contributed by atoms with E-state index < -0.39 is 5.60 Å². The molecule has 1 aliphatic rings. The standard InChI is InChI=1S/C22H23NO3/c1-13-14(2)21-17(15(3)20(13)24)10-11-22(4,25-21)19-12-18(26-23-19)16-8-6-5-7-9-16/h5-9,12,24H,10-11H2,1-4H3. The monoisotopic (exact) mass is 349 g/mol. The lowest BCUT2D eigenvalue weighted by Crippen LogP contribution is -2.34. The highest BCUT2D eigenvalue weighted by molar-refractivity contribution is 5.60. The summed E-state index contributed by atoms with van der Waals surface area (Å²) in [7, 11) is 0. The summed E-state index contributed by atoms with van der Waals surface area (Å²) in [5, 5.41) is 14.6. The fourth-order valence-electron chi connectivity index (χ4n) is 3.69. The second-order valence-corrected chi connectivity index (χ2v) is 7.31. The van der Waals surface area contributed by atoms with Gasteiger partial charge in [-0.2, -0.15) is 0 Å². The van der Waals surface area contributed by atoms with Gasteiger partial charge >= 0.3 is 0 Å². The summed E-state index contributed by atoms with van der Waals surface area (Å²) in [5.41, 5.74) is 5.11. The Balaban J connectivity index is 1.73. The molecule has 1 unspecified atom stereocenters. The Morgan fingerprint density at radius 1 is 1.04 bits per heavy atom. The van der Waals surface area contributed by atoms with Crippen LogP contribution in [0.2, 0.25) is 0 Å². The van der Waals surface area contributed by atoms with Gasteiger partial charge < -0.3 is 14.4 Å². The predicted octanol–water partition coefficient (Wildman–Crippen LogP) is 5.21. The van der Waals surface area contributed by atoms with E-state index in [-0.39, 0.29) is 0 Å². The van der Waals surface area contributed by atoms with Crippen LogP contribution in [-0.2, 0) is 12.0 Å². The van der Waals surface area contributed by atoms with Crippen molar-refractivity contribution in [3.05, 3.63) is 64.3 Å². The van der Waals surface area contributed by atoms with Crippen molar-refractivity contribution >= 4 is 0 Å². The number of hydrogen-bond acceptors (Lipinski definition) is 4. The third-order valence-electron chi connectivity index (χ3n) is 5.63. The van der Waals surface area contributed by atoms with Gasteiger partial charge in [0.2, 0.25) is 0 Å². The van der Waals surface area contributed by atoms with E-state index in [9.17, 15) is 5.11 Å². The number of benzene rings is 2. The molecule has 3 aromatic rings. The number of aromatic hydroxyl groups is 1. The van der Waals surface area contributed by atoms with Crippen LogP contribution in [0, 0.1) is 20.8 Å². The van der Waals surface area contributed by atoms with Gasteiger partial charge in [-0.05, 0) is 57.2 Å². The molecular weight excluding hydrogens is 326 g/mol. The molecule has 1 aromatic heterocycles. The van der Waals surface area contributed by atoms with E-state index >= 15 is 0 Å². The quantitative estimate of drug-likeness (QED) is 0.690. The number of phenolic OH excluding ortho intramolecular Hbond substituents is 1. The zero-order valence-corrected chi connectivity index (χ0v) is 15.6. The van der Waals surface area contributed by atoms with E-state index in [1.165, 1.54) is 0 Å². The summed E-state index contributed by atoms with van der Waals surface area (Å²) in [5.74, 6) is 1.99. The minimum atomic E-state index is -0.551. The molecule has 134 valence electrons. The Morgan fingerprint density at radius 2 is 1.77 bits per heavy atom. The first kappa shape index (κ1) is 16.7. The van der Waals surface area contributed by atoms with E-state index in [0.717, 1.165) is 57.9 Å². The fourth-order valence-corrected chi connectivity index (χ4v) is 3.69. The Bertz CT molecular complexity index is 975. The largest absolute Gasteiger partial charge is 0.507 e. The molecule has 26 heavy (non-hydrogen) atoms. The molecule has 0 fully saturated rings. The Morgan fingerprint density at radius 3 is 2.50 bits per heavy atom. The normalized spacial score (nSPS) is 19.1. The zero-order valence-electron chi connectivity index (χ0n) is 15.6. The molecule has 2 heterocycles. The zero-order chi connectivity index (χ0) is 18.5. The van der Waals surface area contributed by atoms with Crippen molar-refractivity contribution in [1.29, 1.82) is 0 Å². The molecule has 4 rings (SSSR count). The second-order valence-electron chi connectivity index (χ2n) is 7.31. The Hall–Kier alpha value is -2.75. The highest BCUT2D eigenvalue weighted by Gasteiger charge is 2.38. The molecule has 1 aliphatic heterocycles. The molecule has 0 amide bonds. The van der Waals surface area contributed by atoms with Crippen molar-refractivity contribution in [3.63, 3.8) is 0 Å². The average molecular weight is 349 g/mol. The molecule has 0 saturated carbocycles. The van der Waals surface area contributed by atoms with Gasteiger partial charge in [0.05, 0.1) is 0 Å². The number of ether oxygens (including phenoxy) is 1. The maximum Gasteiger partial charge on any atom is 0.167 e. The first-order valence-electron chi connectivity index (χ1n) is 8.94. The summed E-state index contributed by atoms with van der Waals surface area (Å²) in [6.45, 7) is 7.93. The van der Waals surface area contributed by atoms with E-state index in [1.807, 2.05) is 57.2 Å². The average Bonchev–Trinajstić information content (AvgIpc) is 3.16. The van der Waals surface area contributed by atoms with Crippen LogP contribution in [0.4, 0.5) is 0 Å². The molecule has 0 radical (unpaired) electrons. The van der Waals surface area contributed by atoms with Crippen molar-refractivity contribution < 1.29 is 14.4 Å². The lowest BCUT2D eigenvalue weighted by atomic mass is 9.85. The molecular formula is C22H23NO3. The number of fused-ring (bicyclic) bond motifs is 1. The van der Waals surface area contributed by atoms with Gasteiger partial charge in [-0.15, -0.1) is 0 Å². The van der Waals surface area contributed by atoms with Crippen LogP contribution in [0.15, 0.2) is 40.9 Å². The number of nitrogens with zero attached hydrogens (tertiary/aromatic N) is 1. The predicted molar refractivity (Wildman–Crippen MR) is 101 cm³/mol. The van der Waals surface area contributed by atoms with Crippen LogP contribution in [-0.4, -0.2) is 10.3 Å². The second kappa shape index (κ2) is 5.90. The van der Waals surface area contributed by atoms with Crippen molar-refractivity contribution in [2.45, 2.75) is 46.1 Å². The topological polar surface area (TPSA) is 55.5 Å². The van der Waals surface area contributed by atoms with Crippen LogP contribution >= 0.6 is 0 Å².